The molecule has 0 unspecified atom stereocenters. The number of anilines is 2. The zero-order valence-corrected chi connectivity index (χ0v) is 14.7. The van der Waals surface area contributed by atoms with Gasteiger partial charge >= 0.3 is 5.97 Å². The number of carboxylic acid groups (broad SMARTS) is 1. The van der Waals surface area contributed by atoms with Crippen LogP contribution in [0.5, 0.6) is 0 Å². The molecule has 0 aliphatic carbocycles. The van der Waals surface area contributed by atoms with Gasteiger partial charge in [-0.1, -0.05) is 18.2 Å². The molecule has 1 aliphatic rings. The van der Waals surface area contributed by atoms with Gasteiger partial charge in [-0.2, -0.15) is 0 Å². The van der Waals surface area contributed by atoms with E-state index in [2.05, 4.69) is 5.32 Å². The first kappa shape index (κ1) is 17.9. The lowest BCUT2D eigenvalue weighted by atomic mass is 10.0. The summed E-state index contributed by atoms with van der Waals surface area (Å²) in [6.45, 7) is 0.458. The SMILES string of the molecule is O=C(Cc1ccccc1C(=O)O)Nc1ccc(N2CCCS2(=O)=O)cc1. The molecule has 8 heteroatoms. The normalized spacial score (nSPS) is 15.6. The molecule has 0 bridgehead atoms. The van der Waals surface area contributed by atoms with Crippen molar-refractivity contribution in [3.8, 4) is 0 Å². The van der Waals surface area contributed by atoms with E-state index in [4.69, 9.17) is 5.11 Å². The minimum atomic E-state index is -3.24. The van der Waals surface area contributed by atoms with Crippen LogP contribution in [0.25, 0.3) is 0 Å². The van der Waals surface area contributed by atoms with Crippen molar-refractivity contribution >= 4 is 33.3 Å². The van der Waals surface area contributed by atoms with Crippen LogP contribution in [-0.2, 0) is 21.2 Å². The summed E-state index contributed by atoms with van der Waals surface area (Å²) in [5, 5.41) is 11.9. The molecule has 2 N–H and O–H groups in total. The second-order valence-corrected chi connectivity index (χ2v) is 7.99. The van der Waals surface area contributed by atoms with Crippen LogP contribution in [0, 0.1) is 0 Å². The van der Waals surface area contributed by atoms with Crippen molar-refractivity contribution in [1.29, 1.82) is 0 Å². The lowest BCUT2D eigenvalue weighted by Crippen LogP contribution is -2.25. The Hall–Kier alpha value is -2.87. The summed E-state index contributed by atoms with van der Waals surface area (Å²) >= 11 is 0. The Kier molecular flexibility index (Phi) is 4.94. The monoisotopic (exact) mass is 374 g/mol. The third-order valence-corrected chi connectivity index (χ3v) is 6.01. The van der Waals surface area contributed by atoms with E-state index in [1.54, 1.807) is 42.5 Å². The van der Waals surface area contributed by atoms with E-state index in [9.17, 15) is 18.0 Å². The van der Waals surface area contributed by atoms with Gasteiger partial charge in [0, 0.05) is 12.2 Å². The van der Waals surface area contributed by atoms with Gasteiger partial charge in [-0.15, -0.1) is 0 Å². The summed E-state index contributed by atoms with van der Waals surface area (Å²) in [6.07, 6.45) is 0.536. The highest BCUT2D eigenvalue weighted by molar-refractivity contribution is 7.93. The zero-order chi connectivity index (χ0) is 18.7. The summed E-state index contributed by atoms with van der Waals surface area (Å²) in [5.74, 6) is -1.28. The highest BCUT2D eigenvalue weighted by atomic mass is 32.2. The maximum Gasteiger partial charge on any atom is 0.335 e. The summed E-state index contributed by atoms with van der Waals surface area (Å²) in [5.41, 5.74) is 1.61. The molecule has 1 heterocycles. The van der Waals surface area contributed by atoms with Crippen molar-refractivity contribution in [3.05, 3.63) is 59.7 Å². The van der Waals surface area contributed by atoms with Crippen LogP contribution in [0.2, 0.25) is 0 Å². The van der Waals surface area contributed by atoms with Gasteiger partial charge < -0.3 is 10.4 Å². The molecule has 1 fully saturated rings. The van der Waals surface area contributed by atoms with Crippen molar-refractivity contribution in [2.24, 2.45) is 0 Å². The Balaban J connectivity index is 1.68. The van der Waals surface area contributed by atoms with E-state index in [1.807, 2.05) is 0 Å². The molecular formula is C18H18N2O5S. The Labute approximate surface area is 151 Å². The second-order valence-electron chi connectivity index (χ2n) is 5.98. The number of carbonyl (C=O) groups is 2. The molecule has 0 atom stereocenters. The fourth-order valence-corrected chi connectivity index (χ4v) is 4.47. The van der Waals surface area contributed by atoms with Crippen LogP contribution in [0.15, 0.2) is 48.5 Å². The molecule has 0 aromatic heterocycles. The lowest BCUT2D eigenvalue weighted by molar-refractivity contribution is -0.115. The number of benzene rings is 2. The van der Waals surface area contributed by atoms with E-state index in [-0.39, 0.29) is 23.6 Å². The first-order chi connectivity index (χ1) is 12.4. The predicted molar refractivity (Wildman–Crippen MR) is 97.9 cm³/mol. The van der Waals surface area contributed by atoms with Crippen LogP contribution in [0.3, 0.4) is 0 Å². The Morgan fingerprint density at radius 1 is 1.08 bits per heavy atom. The highest BCUT2D eigenvalue weighted by Crippen LogP contribution is 2.25. The third kappa shape index (κ3) is 3.85. The molecule has 1 amide bonds. The van der Waals surface area contributed by atoms with E-state index in [1.165, 1.54) is 10.4 Å². The number of hydrogen-bond acceptors (Lipinski definition) is 4. The first-order valence-corrected chi connectivity index (χ1v) is 9.69. The number of nitrogens with zero attached hydrogens (tertiary/aromatic N) is 1. The molecule has 2 aromatic rings. The van der Waals surface area contributed by atoms with Gasteiger partial charge in [-0.3, -0.25) is 9.10 Å². The summed E-state index contributed by atoms with van der Waals surface area (Å²) in [7, 11) is -3.24. The number of sulfonamides is 1. The molecule has 0 spiro atoms. The van der Waals surface area contributed by atoms with Crippen molar-refractivity contribution in [2.75, 3.05) is 21.9 Å². The van der Waals surface area contributed by atoms with Crippen LogP contribution >= 0.6 is 0 Å². The smallest absolute Gasteiger partial charge is 0.335 e. The van der Waals surface area contributed by atoms with Crippen molar-refractivity contribution in [2.45, 2.75) is 12.8 Å². The Morgan fingerprint density at radius 3 is 2.38 bits per heavy atom. The molecule has 0 radical (unpaired) electrons. The average molecular weight is 374 g/mol. The number of rotatable bonds is 5. The largest absolute Gasteiger partial charge is 0.478 e. The van der Waals surface area contributed by atoms with Gasteiger partial charge in [0.1, 0.15) is 0 Å². The van der Waals surface area contributed by atoms with Gasteiger partial charge in [0.05, 0.1) is 23.4 Å². The van der Waals surface area contributed by atoms with Gasteiger partial charge in [-0.25, -0.2) is 13.2 Å². The quantitative estimate of drug-likeness (QED) is 0.834. The van der Waals surface area contributed by atoms with E-state index in [0.717, 1.165) is 0 Å². The van der Waals surface area contributed by atoms with E-state index >= 15 is 0 Å². The number of carbonyl (C=O) groups excluding carboxylic acids is 1. The van der Waals surface area contributed by atoms with Gasteiger partial charge in [0.25, 0.3) is 0 Å². The summed E-state index contributed by atoms with van der Waals surface area (Å²) in [4.78, 5) is 23.4. The number of hydrogen-bond donors (Lipinski definition) is 2. The zero-order valence-electron chi connectivity index (χ0n) is 13.9. The average Bonchev–Trinajstić information content (AvgIpc) is 2.95. The van der Waals surface area contributed by atoms with E-state index in [0.29, 0.717) is 29.9 Å². The summed E-state index contributed by atoms with van der Waals surface area (Å²) < 4.78 is 25.2. The van der Waals surface area contributed by atoms with Gasteiger partial charge in [-0.05, 0) is 42.3 Å². The molecular weight excluding hydrogens is 356 g/mol. The van der Waals surface area contributed by atoms with Crippen LogP contribution in [0.4, 0.5) is 11.4 Å². The molecule has 2 aromatic carbocycles. The minimum absolute atomic E-state index is 0.0648. The number of nitrogens with one attached hydrogen (secondary N) is 1. The molecule has 1 aliphatic heterocycles. The molecule has 26 heavy (non-hydrogen) atoms. The molecule has 3 rings (SSSR count). The maximum atomic E-state index is 12.2. The Bertz CT molecular complexity index is 938. The summed E-state index contributed by atoms with van der Waals surface area (Å²) in [6, 6.07) is 12.9. The third-order valence-electron chi connectivity index (χ3n) is 4.14. The maximum absolute atomic E-state index is 12.2. The molecule has 1 saturated heterocycles. The number of carboxylic acids is 1. The molecule has 136 valence electrons. The van der Waals surface area contributed by atoms with Crippen LogP contribution in [-0.4, -0.2) is 37.7 Å². The standard InChI is InChI=1S/C18H18N2O5S/c21-17(12-13-4-1-2-5-16(13)18(22)23)19-14-6-8-15(9-7-14)20-10-3-11-26(20,24)25/h1-2,4-9H,3,10-12H2,(H,19,21)(H,22,23). The number of amides is 1. The number of aromatic carboxylic acids is 1. The van der Waals surface area contributed by atoms with Crippen LogP contribution in [0.1, 0.15) is 22.3 Å². The first-order valence-electron chi connectivity index (χ1n) is 8.08. The van der Waals surface area contributed by atoms with Crippen LogP contribution < -0.4 is 9.62 Å². The van der Waals surface area contributed by atoms with Gasteiger partial charge in [0.15, 0.2) is 0 Å². The van der Waals surface area contributed by atoms with Gasteiger partial charge in [0.2, 0.25) is 15.9 Å². The molecule has 7 nitrogen and oxygen atoms in total. The van der Waals surface area contributed by atoms with Crippen molar-refractivity contribution in [1.82, 2.24) is 0 Å². The van der Waals surface area contributed by atoms with Crippen molar-refractivity contribution in [3.63, 3.8) is 0 Å². The van der Waals surface area contributed by atoms with Crippen molar-refractivity contribution < 1.29 is 23.1 Å². The fourth-order valence-electron chi connectivity index (χ4n) is 2.90. The highest BCUT2D eigenvalue weighted by Gasteiger charge is 2.28. The molecule has 0 saturated carbocycles. The minimum Gasteiger partial charge on any atom is -0.478 e. The fraction of sp³-hybridized carbons (Fsp3) is 0.222. The predicted octanol–water partition coefficient (Wildman–Crippen LogP) is 2.11. The Morgan fingerprint density at radius 2 is 1.77 bits per heavy atom. The topological polar surface area (TPSA) is 104 Å². The lowest BCUT2D eigenvalue weighted by Gasteiger charge is -2.17. The second kappa shape index (κ2) is 7.17. The van der Waals surface area contributed by atoms with E-state index < -0.39 is 16.0 Å².